The molecule has 20 heavy (non-hydrogen) atoms. The Balaban J connectivity index is 1.66. The fraction of sp³-hybridized carbons (Fsp3) is 0.294. The number of para-hydroxylation sites is 1. The van der Waals surface area contributed by atoms with Gasteiger partial charge in [-0.25, -0.2) is 0 Å². The van der Waals surface area contributed by atoms with Gasteiger partial charge in [0.2, 0.25) is 0 Å². The molecule has 0 radical (unpaired) electrons. The molecule has 0 saturated heterocycles. The summed E-state index contributed by atoms with van der Waals surface area (Å²) in [5.41, 5.74) is 5.18. The lowest BCUT2D eigenvalue weighted by molar-refractivity contribution is 0.340. The zero-order valence-corrected chi connectivity index (χ0v) is 11.8. The number of nitrogens with one attached hydrogen (secondary N) is 2. The van der Waals surface area contributed by atoms with Crippen molar-refractivity contribution < 1.29 is 4.74 Å². The molecular weight excluding hydrogens is 248 g/mol. The Bertz CT molecular complexity index is 578. The minimum atomic E-state index is 0.703. The van der Waals surface area contributed by atoms with Crippen LogP contribution in [0.4, 0.5) is 11.4 Å². The summed E-state index contributed by atoms with van der Waals surface area (Å²) in [5, 5.41) is 6.94. The largest absolute Gasteiger partial charge is 0.494 e. The van der Waals surface area contributed by atoms with E-state index >= 15 is 0 Å². The van der Waals surface area contributed by atoms with E-state index in [0.717, 1.165) is 30.9 Å². The lowest BCUT2D eigenvalue weighted by atomic mass is 10.1. The van der Waals surface area contributed by atoms with Crippen molar-refractivity contribution in [3.8, 4) is 5.75 Å². The highest BCUT2D eigenvalue weighted by Crippen LogP contribution is 2.27. The summed E-state index contributed by atoms with van der Waals surface area (Å²) < 4.78 is 5.45. The van der Waals surface area contributed by atoms with Gasteiger partial charge in [-0.2, -0.15) is 0 Å². The van der Waals surface area contributed by atoms with Crippen LogP contribution in [0.2, 0.25) is 0 Å². The van der Waals surface area contributed by atoms with E-state index in [1.54, 1.807) is 0 Å². The molecule has 1 aliphatic rings. The Morgan fingerprint density at radius 3 is 2.80 bits per heavy atom. The maximum absolute atomic E-state index is 5.45. The summed E-state index contributed by atoms with van der Waals surface area (Å²) in [6, 6.07) is 14.6. The molecule has 1 heterocycles. The molecule has 2 N–H and O–H groups in total. The van der Waals surface area contributed by atoms with Crippen LogP contribution in [-0.4, -0.2) is 13.2 Å². The fourth-order valence-corrected chi connectivity index (χ4v) is 2.59. The molecule has 1 aliphatic heterocycles. The van der Waals surface area contributed by atoms with E-state index in [1.165, 1.54) is 16.8 Å². The van der Waals surface area contributed by atoms with E-state index < -0.39 is 0 Å². The van der Waals surface area contributed by atoms with E-state index in [-0.39, 0.29) is 0 Å². The topological polar surface area (TPSA) is 33.3 Å². The van der Waals surface area contributed by atoms with Crippen LogP contribution in [-0.2, 0) is 13.0 Å². The molecule has 0 atom stereocenters. The van der Waals surface area contributed by atoms with E-state index in [1.807, 2.05) is 19.1 Å². The van der Waals surface area contributed by atoms with Gasteiger partial charge in [0.1, 0.15) is 5.75 Å². The summed E-state index contributed by atoms with van der Waals surface area (Å²) in [7, 11) is 0. The summed E-state index contributed by atoms with van der Waals surface area (Å²) in [5.74, 6) is 0.917. The zero-order valence-electron chi connectivity index (χ0n) is 11.8. The minimum Gasteiger partial charge on any atom is -0.494 e. The van der Waals surface area contributed by atoms with Crippen molar-refractivity contribution in [3.05, 3.63) is 53.6 Å². The second-order valence-electron chi connectivity index (χ2n) is 4.94. The van der Waals surface area contributed by atoms with Crippen molar-refractivity contribution >= 4 is 11.4 Å². The first-order valence-electron chi connectivity index (χ1n) is 7.18. The molecule has 0 unspecified atom stereocenters. The molecule has 3 nitrogen and oxygen atoms in total. The fourth-order valence-electron chi connectivity index (χ4n) is 2.59. The number of anilines is 2. The summed E-state index contributed by atoms with van der Waals surface area (Å²) in [6.45, 7) is 4.59. The van der Waals surface area contributed by atoms with Crippen molar-refractivity contribution in [1.82, 2.24) is 0 Å². The van der Waals surface area contributed by atoms with Crippen molar-refractivity contribution in [2.24, 2.45) is 0 Å². The van der Waals surface area contributed by atoms with Crippen LogP contribution in [0.3, 0.4) is 0 Å². The molecule has 0 amide bonds. The van der Waals surface area contributed by atoms with Gasteiger partial charge in [0, 0.05) is 24.5 Å². The first-order valence-corrected chi connectivity index (χ1v) is 7.18. The van der Waals surface area contributed by atoms with Gasteiger partial charge < -0.3 is 15.4 Å². The van der Waals surface area contributed by atoms with Gasteiger partial charge in [0.15, 0.2) is 0 Å². The molecule has 0 bridgehead atoms. The first kappa shape index (κ1) is 12.9. The molecule has 2 aromatic rings. The molecule has 2 aromatic carbocycles. The number of hydrogen-bond donors (Lipinski definition) is 2. The molecule has 3 rings (SSSR count). The van der Waals surface area contributed by atoms with Gasteiger partial charge in [0.05, 0.1) is 6.61 Å². The quantitative estimate of drug-likeness (QED) is 0.868. The number of benzene rings is 2. The Hall–Kier alpha value is -2.16. The molecule has 0 aliphatic carbocycles. The molecule has 0 spiro atoms. The zero-order chi connectivity index (χ0) is 13.8. The third-order valence-electron chi connectivity index (χ3n) is 3.58. The average Bonchev–Trinajstić information content (AvgIpc) is 2.96. The Morgan fingerprint density at radius 1 is 1.15 bits per heavy atom. The van der Waals surface area contributed by atoms with Gasteiger partial charge in [0.25, 0.3) is 0 Å². The van der Waals surface area contributed by atoms with Crippen LogP contribution >= 0.6 is 0 Å². The van der Waals surface area contributed by atoms with Crippen molar-refractivity contribution in [2.45, 2.75) is 19.9 Å². The molecule has 3 heteroatoms. The lowest BCUT2D eigenvalue weighted by Crippen LogP contribution is -2.03. The smallest absolute Gasteiger partial charge is 0.119 e. The molecular formula is C17H20N2O. The van der Waals surface area contributed by atoms with Crippen LogP contribution in [0.5, 0.6) is 5.75 Å². The highest BCUT2D eigenvalue weighted by Gasteiger charge is 2.12. The number of hydrogen-bond acceptors (Lipinski definition) is 3. The number of ether oxygens (including phenoxy) is 1. The van der Waals surface area contributed by atoms with Crippen LogP contribution in [0.15, 0.2) is 42.5 Å². The van der Waals surface area contributed by atoms with Crippen molar-refractivity contribution in [2.75, 3.05) is 23.8 Å². The van der Waals surface area contributed by atoms with Gasteiger partial charge in [-0.3, -0.25) is 0 Å². The van der Waals surface area contributed by atoms with Crippen molar-refractivity contribution in [1.29, 1.82) is 0 Å². The predicted molar refractivity (Wildman–Crippen MR) is 83.6 cm³/mol. The normalized spacial score (nSPS) is 12.7. The second kappa shape index (κ2) is 5.87. The Kier molecular flexibility index (Phi) is 3.77. The van der Waals surface area contributed by atoms with Crippen LogP contribution in [0.25, 0.3) is 0 Å². The van der Waals surface area contributed by atoms with E-state index in [2.05, 4.69) is 41.0 Å². The van der Waals surface area contributed by atoms with E-state index in [0.29, 0.717) is 6.61 Å². The van der Waals surface area contributed by atoms with E-state index in [4.69, 9.17) is 4.74 Å². The highest BCUT2D eigenvalue weighted by molar-refractivity contribution is 5.62. The standard InChI is InChI=1S/C17H20N2O/c1-2-20-16-8-6-15(7-9-16)19-12-14-5-3-4-13-10-11-18-17(13)14/h3-9,18-19H,2,10-12H2,1H3. The van der Waals surface area contributed by atoms with Crippen LogP contribution in [0.1, 0.15) is 18.1 Å². The summed E-state index contributed by atoms with van der Waals surface area (Å²) in [6.07, 6.45) is 1.13. The number of rotatable bonds is 5. The van der Waals surface area contributed by atoms with Gasteiger partial charge >= 0.3 is 0 Å². The lowest BCUT2D eigenvalue weighted by Gasteiger charge is -2.11. The average molecular weight is 268 g/mol. The molecule has 0 fully saturated rings. The van der Waals surface area contributed by atoms with Crippen LogP contribution in [0, 0.1) is 0 Å². The summed E-state index contributed by atoms with van der Waals surface area (Å²) >= 11 is 0. The monoisotopic (exact) mass is 268 g/mol. The second-order valence-corrected chi connectivity index (χ2v) is 4.94. The Labute approximate surface area is 120 Å². The molecule has 104 valence electrons. The first-order chi connectivity index (χ1) is 9.86. The van der Waals surface area contributed by atoms with Gasteiger partial charge in [-0.05, 0) is 48.7 Å². The third kappa shape index (κ3) is 2.72. The number of fused-ring (bicyclic) bond motifs is 1. The van der Waals surface area contributed by atoms with Crippen molar-refractivity contribution in [3.63, 3.8) is 0 Å². The predicted octanol–water partition coefficient (Wildman–Crippen LogP) is 3.67. The highest BCUT2D eigenvalue weighted by atomic mass is 16.5. The molecule has 0 aromatic heterocycles. The SMILES string of the molecule is CCOc1ccc(NCc2cccc3c2NCC3)cc1. The van der Waals surface area contributed by atoms with Crippen LogP contribution < -0.4 is 15.4 Å². The third-order valence-corrected chi connectivity index (χ3v) is 3.58. The van der Waals surface area contributed by atoms with Gasteiger partial charge in [-0.1, -0.05) is 18.2 Å². The van der Waals surface area contributed by atoms with E-state index in [9.17, 15) is 0 Å². The Morgan fingerprint density at radius 2 is 2.00 bits per heavy atom. The molecule has 0 saturated carbocycles. The summed E-state index contributed by atoms with van der Waals surface area (Å²) in [4.78, 5) is 0. The maximum atomic E-state index is 5.45. The maximum Gasteiger partial charge on any atom is 0.119 e. The minimum absolute atomic E-state index is 0.703. The van der Waals surface area contributed by atoms with Gasteiger partial charge in [-0.15, -0.1) is 0 Å².